The van der Waals surface area contributed by atoms with Gasteiger partial charge < -0.3 is 5.32 Å². The molecule has 2 aromatic carbocycles. The van der Waals surface area contributed by atoms with Crippen molar-refractivity contribution in [2.45, 2.75) is 44.7 Å². The van der Waals surface area contributed by atoms with E-state index in [0.717, 1.165) is 5.56 Å². The lowest BCUT2D eigenvalue weighted by Gasteiger charge is -2.25. The highest BCUT2D eigenvalue weighted by molar-refractivity contribution is 7.89. The number of amides is 1. The van der Waals surface area contributed by atoms with Gasteiger partial charge in [-0.2, -0.15) is 4.31 Å². The largest absolute Gasteiger partial charge is 0.350 e. The van der Waals surface area contributed by atoms with Gasteiger partial charge >= 0.3 is 0 Å². The minimum absolute atomic E-state index is 0.0499. The van der Waals surface area contributed by atoms with E-state index in [1.165, 1.54) is 4.31 Å². The van der Waals surface area contributed by atoms with Crippen molar-refractivity contribution >= 4 is 27.5 Å². The Morgan fingerprint density at radius 2 is 1.74 bits per heavy atom. The number of rotatable bonds is 6. The Morgan fingerprint density at radius 3 is 2.30 bits per heavy atom. The Labute approximate surface area is 166 Å². The van der Waals surface area contributed by atoms with E-state index in [0.29, 0.717) is 10.6 Å². The second kappa shape index (κ2) is 8.42. The van der Waals surface area contributed by atoms with Crippen LogP contribution in [-0.2, 0) is 21.4 Å². The first-order valence-electron chi connectivity index (χ1n) is 8.60. The molecule has 0 saturated carbocycles. The van der Waals surface area contributed by atoms with Crippen molar-refractivity contribution in [1.29, 1.82) is 0 Å². The van der Waals surface area contributed by atoms with E-state index < -0.39 is 15.6 Å². The third-order valence-electron chi connectivity index (χ3n) is 3.74. The average Bonchev–Trinajstić information content (AvgIpc) is 2.53. The zero-order chi connectivity index (χ0) is 20.2. The monoisotopic (exact) mass is 408 g/mol. The summed E-state index contributed by atoms with van der Waals surface area (Å²) in [6.07, 6.45) is 0. The quantitative estimate of drug-likeness (QED) is 0.791. The van der Waals surface area contributed by atoms with E-state index in [1.807, 2.05) is 27.7 Å². The predicted octanol–water partition coefficient (Wildman–Crippen LogP) is 3.75. The van der Waals surface area contributed by atoms with Crippen molar-refractivity contribution in [2.75, 3.05) is 6.54 Å². The SMILES string of the molecule is Cc1ccc(S(=O)(=O)N(CC(=O)NC(C)(C)C)Cc2cccc(Cl)c2)cc1. The molecule has 0 aliphatic rings. The standard InChI is InChI=1S/C20H25ClN2O3S/c1-15-8-10-18(11-9-15)27(25,26)23(14-19(24)22-20(2,3)4)13-16-6-5-7-17(21)12-16/h5-12H,13-14H2,1-4H3,(H,22,24). The Hall–Kier alpha value is -1.89. The van der Waals surface area contributed by atoms with E-state index in [4.69, 9.17) is 11.6 Å². The summed E-state index contributed by atoms with van der Waals surface area (Å²) in [5, 5.41) is 3.32. The van der Waals surface area contributed by atoms with Crippen LogP contribution in [0.1, 0.15) is 31.9 Å². The molecule has 0 aliphatic carbocycles. The summed E-state index contributed by atoms with van der Waals surface area (Å²) in [6.45, 7) is 7.20. The fraction of sp³-hybridized carbons (Fsp3) is 0.350. The lowest BCUT2D eigenvalue weighted by Crippen LogP contribution is -2.47. The van der Waals surface area contributed by atoms with Crippen LogP contribution >= 0.6 is 11.6 Å². The third-order valence-corrected chi connectivity index (χ3v) is 5.78. The molecule has 0 spiro atoms. The van der Waals surface area contributed by atoms with Gasteiger partial charge in [0.15, 0.2) is 0 Å². The Kier molecular flexibility index (Phi) is 6.68. The van der Waals surface area contributed by atoms with Crippen molar-refractivity contribution < 1.29 is 13.2 Å². The fourth-order valence-electron chi connectivity index (χ4n) is 2.54. The van der Waals surface area contributed by atoms with Crippen molar-refractivity contribution in [3.63, 3.8) is 0 Å². The van der Waals surface area contributed by atoms with Crippen molar-refractivity contribution in [2.24, 2.45) is 0 Å². The topological polar surface area (TPSA) is 66.5 Å². The molecule has 5 nitrogen and oxygen atoms in total. The summed E-state index contributed by atoms with van der Waals surface area (Å²) in [4.78, 5) is 12.6. The molecule has 0 aromatic heterocycles. The summed E-state index contributed by atoms with van der Waals surface area (Å²) in [5.74, 6) is -0.361. The average molecular weight is 409 g/mol. The predicted molar refractivity (Wildman–Crippen MR) is 108 cm³/mol. The van der Waals surface area contributed by atoms with Gasteiger partial charge in [0.2, 0.25) is 15.9 Å². The maximum absolute atomic E-state index is 13.1. The minimum atomic E-state index is -3.85. The maximum atomic E-state index is 13.1. The highest BCUT2D eigenvalue weighted by Crippen LogP contribution is 2.20. The Balaban J connectivity index is 2.35. The normalized spacial score (nSPS) is 12.2. The van der Waals surface area contributed by atoms with Gasteiger partial charge in [-0.1, -0.05) is 41.4 Å². The molecular weight excluding hydrogens is 384 g/mol. The second-order valence-electron chi connectivity index (χ2n) is 7.51. The molecule has 27 heavy (non-hydrogen) atoms. The molecule has 2 rings (SSSR count). The number of benzene rings is 2. The summed E-state index contributed by atoms with van der Waals surface area (Å²) in [7, 11) is -3.85. The number of sulfonamides is 1. The van der Waals surface area contributed by atoms with E-state index in [9.17, 15) is 13.2 Å². The molecule has 0 fully saturated rings. The van der Waals surface area contributed by atoms with E-state index in [1.54, 1.807) is 48.5 Å². The molecule has 2 aromatic rings. The van der Waals surface area contributed by atoms with Crippen molar-refractivity contribution in [3.8, 4) is 0 Å². The first-order valence-corrected chi connectivity index (χ1v) is 10.4. The first-order chi connectivity index (χ1) is 12.5. The molecular formula is C20H25ClN2O3S. The van der Waals surface area contributed by atoms with Crippen LogP contribution in [0.5, 0.6) is 0 Å². The molecule has 0 atom stereocenters. The van der Waals surface area contributed by atoms with Crippen LogP contribution in [0.3, 0.4) is 0 Å². The molecule has 7 heteroatoms. The zero-order valence-corrected chi connectivity index (χ0v) is 17.6. The van der Waals surface area contributed by atoms with Crippen molar-refractivity contribution in [3.05, 3.63) is 64.7 Å². The lowest BCUT2D eigenvalue weighted by atomic mass is 10.1. The summed E-state index contributed by atoms with van der Waals surface area (Å²) < 4.78 is 27.5. The number of hydrogen-bond donors (Lipinski definition) is 1. The number of carbonyl (C=O) groups excluding carboxylic acids is 1. The van der Waals surface area contributed by atoms with Gasteiger partial charge in [0.25, 0.3) is 0 Å². The lowest BCUT2D eigenvalue weighted by molar-refractivity contribution is -0.122. The van der Waals surface area contributed by atoms with Gasteiger partial charge in [-0.25, -0.2) is 8.42 Å². The van der Waals surface area contributed by atoms with Gasteiger partial charge in [0.1, 0.15) is 0 Å². The van der Waals surface area contributed by atoms with E-state index in [-0.39, 0.29) is 23.9 Å². The summed E-state index contributed by atoms with van der Waals surface area (Å²) in [6, 6.07) is 13.5. The highest BCUT2D eigenvalue weighted by Gasteiger charge is 2.28. The smallest absolute Gasteiger partial charge is 0.243 e. The third kappa shape index (κ3) is 6.34. The molecule has 1 amide bonds. The molecule has 0 saturated heterocycles. The van der Waals surface area contributed by atoms with Crippen LogP contribution in [0.4, 0.5) is 0 Å². The van der Waals surface area contributed by atoms with Gasteiger partial charge in [0.05, 0.1) is 11.4 Å². The Bertz CT molecular complexity index is 904. The molecule has 0 aliphatic heterocycles. The van der Waals surface area contributed by atoms with Crippen molar-refractivity contribution in [1.82, 2.24) is 9.62 Å². The Morgan fingerprint density at radius 1 is 1.11 bits per heavy atom. The second-order valence-corrected chi connectivity index (χ2v) is 9.89. The zero-order valence-electron chi connectivity index (χ0n) is 16.0. The molecule has 146 valence electrons. The molecule has 0 radical (unpaired) electrons. The first kappa shape index (κ1) is 21.4. The van der Waals surface area contributed by atoms with E-state index in [2.05, 4.69) is 5.32 Å². The number of nitrogens with zero attached hydrogens (tertiary/aromatic N) is 1. The molecule has 1 N–H and O–H groups in total. The molecule has 0 heterocycles. The summed E-state index contributed by atoms with van der Waals surface area (Å²) >= 11 is 6.02. The number of halogens is 1. The summed E-state index contributed by atoms with van der Waals surface area (Å²) in [5.41, 5.74) is 1.22. The van der Waals surface area contributed by atoms with Gasteiger partial charge in [-0.3, -0.25) is 4.79 Å². The maximum Gasteiger partial charge on any atom is 0.243 e. The van der Waals surface area contributed by atoms with Crippen LogP contribution in [-0.4, -0.2) is 30.7 Å². The molecule has 0 unspecified atom stereocenters. The van der Waals surface area contributed by atoms with Gasteiger partial charge in [0, 0.05) is 17.1 Å². The molecule has 0 bridgehead atoms. The van der Waals surface area contributed by atoms with Crippen LogP contribution < -0.4 is 5.32 Å². The number of nitrogens with one attached hydrogen (secondary N) is 1. The van der Waals surface area contributed by atoms with E-state index >= 15 is 0 Å². The van der Waals surface area contributed by atoms with Crippen LogP contribution in [0.15, 0.2) is 53.4 Å². The van der Waals surface area contributed by atoms with Crippen LogP contribution in [0, 0.1) is 6.92 Å². The van der Waals surface area contributed by atoms with Crippen LogP contribution in [0.2, 0.25) is 5.02 Å². The number of hydrogen-bond acceptors (Lipinski definition) is 3. The van der Waals surface area contributed by atoms with Gasteiger partial charge in [-0.05, 0) is 57.5 Å². The number of carbonyl (C=O) groups is 1. The fourth-order valence-corrected chi connectivity index (χ4v) is 4.14. The highest BCUT2D eigenvalue weighted by atomic mass is 35.5. The number of aryl methyl sites for hydroxylation is 1. The minimum Gasteiger partial charge on any atom is -0.350 e. The van der Waals surface area contributed by atoms with Crippen LogP contribution in [0.25, 0.3) is 0 Å². The van der Waals surface area contributed by atoms with Gasteiger partial charge in [-0.15, -0.1) is 0 Å².